The largest absolute Gasteiger partial charge is 0.494 e. The predicted octanol–water partition coefficient (Wildman–Crippen LogP) is 4.51. The van der Waals surface area contributed by atoms with E-state index in [2.05, 4.69) is 15.2 Å². The molecule has 1 N–H and O–H groups in total. The van der Waals surface area contributed by atoms with Gasteiger partial charge in [-0.15, -0.1) is 0 Å². The highest BCUT2D eigenvalue weighted by molar-refractivity contribution is 6.05. The van der Waals surface area contributed by atoms with Crippen LogP contribution in [0.2, 0.25) is 0 Å². The highest BCUT2D eigenvalue weighted by Gasteiger charge is 2.14. The first-order valence-electron chi connectivity index (χ1n) is 10.1. The van der Waals surface area contributed by atoms with E-state index >= 15 is 0 Å². The first-order chi connectivity index (χ1) is 13.7. The van der Waals surface area contributed by atoms with Gasteiger partial charge < -0.3 is 19.7 Å². The summed E-state index contributed by atoms with van der Waals surface area (Å²) in [4.78, 5) is 19.5. The van der Waals surface area contributed by atoms with Crippen molar-refractivity contribution < 1.29 is 14.3 Å². The molecular weight excluding hydrogens is 354 g/mol. The van der Waals surface area contributed by atoms with Gasteiger partial charge in [0.25, 0.3) is 5.91 Å². The van der Waals surface area contributed by atoms with Gasteiger partial charge in [-0.3, -0.25) is 4.79 Å². The van der Waals surface area contributed by atoms with E-state index in [1.807, 2.05) is 38.1 Å². The van der Waals surface area contributed by atoms with Crippen LogP contribution >= 0.6 is 0 Å². The Kier molecular flexibility index (Phi) is 7.12. The summed E-state index contributed by atoms with van der Waals surface area (Å²) in [6.45, 7) is 6.97. The Labute approximate surface area is 166 Å². The molecule has 1 saturated heterocycles. The summed E-state index contributed by atoms with van der Waals surface area (Å²) in [5.41, 5.74) is 1.11. The number of benzene rings is 1. The third-order valence-electron chi connectivity index (χ3n) is 4.75. The lowest BCUT2D eigenvalue weighted by Crippen LogP contribution is -2.25. The predicted molar refractivity (Wildman–Crippen MR) is 112 cm³/mol. The minimum Gasteiger partial charge on any atom is -0.494 e. The number of anilines is 2. The molecule has 0 radical (unpaired) electrons. The van der Waals surface area contributed by atoms with Crippen molar-refractivity contribution in [3.8, 4) is 11.5 Å². The van der Waals surface area contributed by atoms with Gasteiger partial charge in [-0.1, -0.05) is 12.8 Å². The molecule has 1 aliphatic rings. The number of ether oxygens (including phenoxy) is 2. The molecule has 28 heavy (non-hydrogen) atoms. The molecule has 2 heterocycles. The first kappa shape index (κ1) is 20.0. The summed E-state index contributed by atoms with van der Waals surface area (Å²) < 4.78 is 11.2. The molecule has 0 bridgehead atoms. The van der Waals surface area contributed by atoms with Crippen molar-refractivity contribution in [3.63, 3.8) is 0 Å². The molecular formula is C22H29N3O3. The van der Waals surface area contributed by atoms with Crippen LogP contribution in [0.1, 0.15) is 49.9 Å². The van der Waals surface area contributed by atoms with Crippen LogP contribution < -0.4 is 19.7 Å². The van der Waals surface area contributed by atoms with Gasteiger partial charge in [-0.25, -0.2) is 4.98 Å². The van der Waals surface area contributed by atoms with Gasteiger partial charge in [0.2, 0.25) is 0 Å². The molecule has 0 spiro atoms. The molecule has 0 unspecified atom stereocenters. The van der Waals surface area contributed by atoms with E-state index in [4.69, 9.17) is 9.47 Å². The van der Waals surface area contributed by atoms with Gasteiger partial charge >= 0.3 is 0 Å². The normalized spacial score (nSPS) is 14.3. The minimum atomic E-state index is -0.218. The number of amides is 1. The number of nitrogens with zero attached hydrogens (tertiary/aromatic N) is 2. The number of carbonyl (C=O) groups excluding carboxylic acids is 1. The Bertz CT molecular complexity index is 769. The maximum atomic E-state index is 12.7. The highest BCUT2D eigenvalue weighted by Crippen LogP contribution is 2.30. The fourth-order valence-electron chi connectivity index (χ4n) is 3.35. The zero-order valence-corrected chi connectivity index (χ0v) is 16.7. The lowest BCUT2D eigenvalue weighted by molar-refractivity contribution is 0.102. The number of carbonyl (C=O) groups is 1. The van der Waals surface area contributed by atoms with Crippen molar-refractivity contribution in [2.75, 3.05) is 36.5 Å². The zero-order chi connectivity index (χ0) is 19.8. The SMILES string of the molecule is CCOc1ccc(OCC)c(NC(=O)c2ccc(N3CCCCCC3)nc2)c1. The second kappa shape index (κ2) is 9.97. The summed E-state index contributed by atoms with van der Waals surface area (Å²) in [7, 11) is 0. The van der Waals surface area contributed by atoms with E-state index in [0.29, 0.717) is 36.0 Å². The van der Waals surface area contributed by atoms with Crippen LogP contribution in [0.5, 0.6) is 11.5 Å². The average Bonchev–Trinajstić information content (AvgIpc) is 3.00. The summed E-state index contributed by atoms with van der Waals surface area (Å²) in [5.74, 6) is 2.03. The van der Waals surface area contributed by atoms with Crippen molar-refractivity contribution in [3.05, 3.63) is 42.1 Å². The Morgan fingerprint density at radius 3 is 2.43 bits per heavy atom. The number of hydrogen-bond acceptors (Lipinski definition) is 5. The second-order valence-corrected chi connectivity index (χ2v) is 6.78. The number of nitrogens with one attached hydrogen (secondary N) is 1. The molecule has 150 valence electrons. The standard InChI is InChI=1S/C22H29N3O3/c1-3-27-18-10-11-20(28-4-2)19(15-18)24-22(26)17-9-12-21(23-16-17)25-13-7-5-6-8-14-25/h9-12,15-16H,3-8,13-14H2,1-2H3,(H,24,26). The minimum absolute atomic E-state index is 0.218. The maximum Gasteiger partial charge on any atom is 0.257 e. The van der Waals surface area contributed by atoms with Crippen molar-refractivity contribution in [2.45, 2.75) is 39.5 Å². The molecule has 6 nitrogen and oxygen atoms in total. The van der Waals surface area contributed by atoms with Gasteiger partial charge in [0.05, 0.1) is 24.5 Å². The Morgan fingerprint density at radius 1 is 1.04 bits per heavy atom. The van der Waals surface area contributed by atoms with Crippen molar-refractivity contribution in [2.24, 2.45) is 0 Å². The number of pyridine rings is 1. The number of hydrogen-bond donors (Lipinski definition) is 1. The fourth-order valence-corrected chi connectivity index (χ4v) is 3.35. The molecule has 1 aliphatic heterocycles. The highest BCUT2D eigenvalue weighted by atomic mass is 16.5. The van der Waals surface area contributed by atoms with Gasteiger partial charge in [0.15, 0.2) is 0 Å². The first-order valence-corrected chi connectivity index (χ1v) is 10.1. The summed E-state index contributed by atoms with van der Waals surface area (Å²) in [6, 6.07) is 9.19. The molecule has 0 aliphatic carbocycles. The van der Waals surface area contributed by atoms with Crippen LogP contribution in [0.3, 0.4) is 0 Å². The van der Waals surface area contributed by atoms with Gasteiger partial charge in [0.1, 0.15) is 17.3 Å². The molecule has 1 fully saturated rings. The summed E-state index contributed by atoms with van der Waals surface area (Å²) in [5, 5.41) is 2.92. The van der Waals surface area contributed by atoms with Crippen LogP contribution in [0.4, 0.5) is 11.5 Å². The molecule has 6 heteroatoms. The molecule has 1 amide bonds. The van der Waals surface area contributed by atoms with E-state index in [9.17, 15) is 4.79 Å². The van der Waals surface area contributed by atoms with E-state index in [-0.39, 0.29) is 5.91 Å². The maximum absolute atomic E-state index is 12.7. The van der Waals surface area contributed by atoms with E-state index < -0.39 is 0 Å². The van der Waals surface area contributed by atoms with Gasteiger partial charge in [0, 0.05) is 25.4 Å². The molecule has 0 atom stereocenters. The van der Waals surface area contributed by atoms with Crippen molar-refractivity contribution in [1.29, 1.82) is 0 Å². The monoisotopic (exact) mass is 383 g/mol. The van der Waals surface area contributed by atoms with E-state index in [1.165, 1.54) is 25.7 Å². The number of aromatic nitrogens is 1. The topological polar surface area (TPSA) is 63.7 Å². The lowest BCUT2D eigenvalue weighted by atomic mass is 10.2. The Hall–Kier alpha value is -2.76. The Balaban J connectivity index is 1.72. The Morgan fingerprint density at radius 2 is 1.79 bits per heavy atom. The molecule has 1 aromatic heterocycles. The summed E-state index contributed by atoms with van der Waals surface area (Å²) >= 11 is 0. The van der Waals surface area contributed by atoms with Gasteiger partial charge in [-0.2, -0.15) is 0 Å². The van der Waals surface area contributed by atoms with Crippen LogP contribution in [0, 0.1) is 0 Å². The third-order valence-corrected chi connectivity index (χ3v) is 4.75. The van der Waals surface area contributed by atoms with Gasteiger partial charge in [-0.05, 0) is 51.0 Å². The third kappa shape index (κ3) is 5.15. The summed E-state index contributed by atoms with van der Waals surface area (Å²) in [6.07, 6.45) is 6.59. The van der Waals surface area contributed by atoms with E-state index in [0.717, 1.165) is 18.9 Å². The molecule has 2 aromatic rings. The second-order valence-electron chi connectivity index (χ2n) is 6.78. The fraction of sp³-hybridized carbons (Fsp3) is 0.455. The molecule has 0 saturated carbocycles. The van der Waals surface area contributed by atoms with Crippen molar-refractivity contribution >= 4 is 17.4 Å². The van der Waals surface area contributed by atoms with Crippen LogP contribution in [-0.4, -0.2) is 37.2 Å². The lowest BCUT2D eigenvalue weighted by Gasteiger charge is -2.21. The van der Waals surface area contributed by atoms with Crippen LogP contribution in [-0.2, 0) is 0 Å². The average molecular weight is 383 g/mol. The smallest absolute Gasteiger partial charge is 0.257 e. The number of rotatable bonds is 7. The van der Waals surface area contributed by atoms with Crippen molar-refractivity contribution in [1.82, 2.24) is 4.98 Å². The van der Waals surface area contributed by atoms with Crippen LogP contribution in [0.25, 0.3) is 0 Å². The van der Waals surface area contributed by atoms with E-state index in [1.54, 1.807) is 12.3 Å². The quantitative estimate of drug-likeness (QED) is 0.762. The molecule has 3 rings (SSSR count). The zero-order valence-electron chi connectivity index (χ0n) is 16.7. The van der Waals surface area contributed by atoms with Crippen LogP contribution in [0.15, 0.2) is 36.5 Å². The molecule has 1 aromatic carbocycles.